The molecule has 0 aliphatic heterocycles. The van der Waals surface area contributed by atoms with Gasteiger partial charge in [-0.1, -0.05) is 59.6 Å². The number of anilines is 4. The Kier molecular flexibility index (Phi) is 7.23. The standard InChI is InChI=1S/C26H22Cl2N2O2S/c27-21-11-13-25(29-23-7-3-1-4-8-23)19(15-21)17-33(31,32)18-20-16-22(28)12-14-26(20)30-24-9-5-2-6-10-24/h1-16,29-30H,17-18H2. The number of para-hydroxylation sites is 2. The molecule has 4 aromatic rings. The topological polar surface area (TPSA) is 58.2 Å². The summed E-state index contributed by atoms with van der Waals surface area (Å²) in [4.78, 5) is 0. The Bertz CT molecular complexity index is 1250. The van der Waals surface area contributed by atoms with Crippen LogP contribution in [0.25, 0.3) is 0 Å². The van der Waals surface area contributed by atoms with E-state index in [0.29, 0.717) is 32.5 Å². The van der Waals surface area contributed by atoms with Crippen molar-refractivity contribution in [2.45, 2.75) is 11.5 Å². The van der Waals surface area contributed by atoms with Crippen LogP contribution >= 0.6 is 23.2 Å². The summed E-state index contributed by atoms with van der Waals surface area (Å²) in [6, 6.07) is 29.6. The van der Waals surface area contributed by atoms with Crippen LogP contribution in [-0.2, 0) is 21.3 Å². The molecule has 168 valence electrons. The molecule has 0 fully saturated rings. The summed E-state index contributed by atoms with van der Waals surface area (Å²) in [5.41, 5.74) is 4.33. The summed E-state index contributed by atoms with van der Waals surface area (Å²) in [7, 11) is -3.55. The van der Waals surface area contributed by atoms with Gasteiger partial charge in [0, 0.05) is 32.8 Å². The third kappa shape index (κ3) is 6.51. The molecule has 0 amide bonds. The van der Waals surface area contributed by atoms with E-state index in [9.17, 15) is 8.42 Å². The van der Waals surface area contributed by atoms with E-state index in [-0.39, 0.29) is 11.5 Å². The molecular weight excluding hydrogens is 475 g/mol. The van der Waals surface area contributed by atoms with Crippen molar-refractivity contribution in [3.05, 3.63) is 118 Å². The van der Waals surface area contributed by atoms with Crippen molar-refractivity contribution in [2.75, 3.05) is 10.6 Å². The van der Waals surface area contributed by atoms with Gasteiger partial charge in [-0.3, -0.25) is 0 Å². The molecule has 0 saturated carbocycles. The molecule has 0 atom stereocenters. The molecular formula is C26H22Cl2N2O2S. The van der Waals surface area contributed by atoms with Gasteiger partial charge in [0.1, 0.15) is 0 Å². The minimum absolute atomic E-state index is 0.167. The fraction of sp³-hybridized carbons (Fsp3) is 0.0769. The largest absolute Gasteiger partial charge is 0.355 e. The summed E-state index contributed by atoms with van der Waals surface area (Å²) in [5.74, 6) is -0.333. The first kappa shape index (κ1) is 23.2. The van der Waals surface area contributed by atoms with Crippen molar-refractivity contribution in [1.82, 2.24) is 0 Å². The average Bonchev–Trinajstić information content (AvgIpc) is 2.78. The number of hydrogen-bond acceptors (Lipinski definition) is 4. The van der Waals surface area contributed by atoms with E-state index in [1.165, 1.54) is 0 Å². The fourth-order valence-corrected chi connectivity index (χ4v) is 5.40. The maximum atomic E-state index is 13.3. The molecule has 0 bridgehead atoms. The Morgan fingerprint density at radius 1 is 0.576 bits per heavy atom. The van der Waals surface area contributed by atoms with Gasteiger partial charge in [0.25, 0.3) is 0 Å². The van der Waals surface area contributed by atoms with E-state index in [2.05, 4.69) is 10.6 Å². The van der Waals surface area contributed by atoms with Crippen LogP contribution in [0.1, 0.15) is 11.1 Å². The Labute approximate surface area is 204 Å². The zero-order valence-corrected chi connectivity index (χ0v) is 20.0. The van der Waals surface area contributed by atoms with Crippen LogP contribution in [0.3, 0.4) is 0 Å². The van der Waals surface area contributed by atoms with E-state index in [1.807, 2.05) is 60.7 Å². The van der Waals surface area contributed by atoms with E-state index < -0.39 is 9.84 Å². The maximum Gasteiger partial charge on any atom is 0.158 e. The number of nitrogens with one attached hydrogen (secondary N) is 2. The Morgan fingerprint density at radius 3 is 1.36 bits per heavy atom. The summed E-state index contributed by atoms with van der Waals surface area (Å²) < 4.78 is 26.5. The highest BCUT2D eigenvalue weighted by Gasteiger charge is 2.19. The molecule has 0 aliphatic rings. The van der Waals surface area contributed by atoms with Crippen LogP contribution in [0.5, 0.6) is 0 Å². The Balaban J connectivity index is 1.59. The molecule has 2 N–H and O–H groups in total. The van der Waals surface area contributed by atoms with Crippen molar-refractivity contribution >= 4 is 55.8 Å². The predicted octanol–water partition coefficient (Wildman–Crippen LogP) is 7.60. The Morgan fingerprint density at radius 2 is 0.970 bits per heavy atom. The average molecular weight is 497 g/mol. The van der Waals surface area contributed by atoms with Gasteiger partial charge >= 0.3 is 0 Å². The first-order chi connectivity index (χ1) is 15.9. The summed E-state index contributed by atoms with van der Waals surface area (Å²) in [5, 5.41) is 7.52. The third-order valence-electron chi connectivity index (χ3n) is 4.99. The van der Waals surface area contributed by atoms with Crippen LogP contribution in [0.4, 0.5) is 22.7 Å². The van der Waals surface area contributed by atoms with E-state index >= 15 is 0 Å². The highest BCUT2D eigenvalue weighted by Crippen LogP contribution is 2.30. The first-order valence-electron chi connectivity index (χ1n) is 10.3. The van der Waals surface area contributed by atoms with Gasteiger partial charge in [-0.15, -0.1) is 0 Å². The summed E-state index contributed by atoms with van der Waals surface area (Å²) in [6.45, 7) is 0. The van der Waals surface area contributed by atoms with Crippen molar-refractivity contribution < 1.29 is 8.42 Å². The SMILES string of the molecule is O=S(=O)(Cc1cc(Cl)ccc1Nc1ccccc1)Cc1cc(Cl)ccc1Nc1ccccc1. The number of rotatable bonds is 8. The second-order valence-electron chi connectivity index (χ2n) is 7.62. The number of benzene rings is 4. The minimum atomic E-state index is -3.55. The molecule has 4 aromatic carbocycles. The van der Waals surface area contributed by atoms with Crippen LogP contribution in [-0.4, -0.2) is 8.42 Å². The number of hydrogen-bond donors (Lipinski definition) is 2. The smallest absolute Gasteiger partial charge is 0.158 e. The second kappa shape index (κ2) is 10.3. The molecule has 0 aromatic heterocycles. The van der Waals surface area contributed by atoms with Crippen molar-refractivity contribution in [3.63, 3.8) is 0 Å². The summed E-state index contributed by atoms with van der Waals surface area (Å²) >= 11 is 12.4. The van der Waals surface area contributed by atoms with E-state index in [1.54, 1.807) is 36.4 Å². The van der Waals surface area contributed by atoms with Gasteiger partial charge < -0.3 is 10.6 Å². The molecule has 0 heterocycles. The van der Waals surface area contributed by atoms with E-state index in [4.69, 9.17) is 23.2 Å². The minimum Gasteiger partial charge on any atom is -0.355 e. The Hall–Kier alpha value is -2.99. The molecule has 0 radical (unpaired) electrons. The monoisotopic (exact) mass is 496 g/mol. The van der Waals surface area contributed by atoms with Gasteiger partial charge in [0.05, 0.1) is 11.5 Å². The number of sulfone groups is 1. The predicted molar refractivity (Wildman–Crippen MR) is 139 cm³/mol. The van der Waals surface area contributed by atoms with Crippen LogP contribution in [0.2, 0.25) is 10.0 Å². The number of halogens is 2. The molecule has 4 rings (SSSR count). The van der Waals surface area contributed by atoms with Gasteiger partial charge in [-0.25, -0.2) is 8.42 Å². The third-order valence-corrected chi connectivity index (χ3v) is 6.96. The molecule has 0 unspecified atom stereocenters. The fourth-order valence-electron chi connectivity index (χ4n) is 3.49. The normalized spacial score (nSPS) is 11.2. The molecule has 0 spiro atoms. The van der Waals surface area contributed by atoms with Crippen molar-refractivity contribution in [1.29, 1.82) is 0 Å². The van der Waals surface area contributed by atoms with Gasteiger partial charge in [0.15, 0.2) is 9.84 Å². The van der Waals surface area contributed by atoms with Gasteiger partial charge in [-0.2, -0.15) is 0 Å². The second-order valence-corrected chi connectivity index (χ2v) is 10.6. The van der Waals surface area contributed by atoms with Crippen molar-refractivity contribution in [2.24, 2.45) is 0 Å². The van der Waals surface area contributed by atoms with Gasteiger partial charge in [0.2, 0.25) is 0 Å². The molecule has 0 saturated heterocycles. The van der Waals surface area contributed by atoms with Gasteiger partial charge in [-0.05, 0) is 71.8 Å². The zero-order valence-electron chi connectivity index (χ0n) is 17.6. The zero-order chi connectivity index (χ0) is 23.3. The molecule has 33 heavy (non-hydrogen) atoms. The lowest BCUT2D eigenvalue weighted by molar-refractivity contribution is 0.594. The van der Waals surface area contributed by atoms with E-state index in [0.717, 1.165) is 11.4 Å². The lowest BCUT2D eigenvalue weighted by Crippen LogP contribution is -2.11. The lowest BCUT2D eigenvalue weighted by atomic mass is 10.2. The highest BCUT2D eigenvalue weighted by molar-refractivity contribution is 7.89. The molecule has 0 aliphatic carbocycles. The van der Waals surface area contributed by atoms with Crippen molar-refractivity contribution in [3.8, 4) is 0 Å². The molecule has 7 heteroatoms. The quantitative estimate of drug-likeness (QED) is 0.263. The maximum absolute atomic E-state index is 13.3. The van der Waals surface area contributed by atoms with Crippen LogP contribution in [0, 0.1) is 0 Å². The lowest BCUT2D eigenvalue weighted by Gasteiger charge is -2.15. The first-order valence-corrected chi connectivity index (χ1v) is 12.9. The highest BCUT2D eigenvalue weighted by atomic mass is 35.5. The molecule has 4 nitrogen and oxygen atoms in total. The van der Waals surface area contributed by atoms with Crippen LogP contribution < -0.4 is 10.6 Å². The summed E-state index contributed by atoms with van der Waals surface area (Å²) in [6.07, 6.45) is 0. The van der Waals surface area contributed by atoms with Crippen LogP contribution in [0.15, 0.2) is 97.1 Å².